The lowest BCUT2D eigenvalue weighted by Gasteiger charge is -2.31. The van der Waals surface area contributed by atoms with E-state index in [-0.39, 0.29) is 34.8 Å². The number of carboxylic acids is 1. The molecular weight excluding hydrogens is 592 g/mol. The van der Waals surface area contributed by atoms with E-state index in [4.69, 9.17) is 4.74 Å². The van der Waals surface area contributed by atoms with Crippen LogP contribution in [-0.2, 0) is 20.8 Å². The number of hydrogen-bond donors (Lipinski definition) is 3. The summed E-state index contributed by atoms with van der Waals surface area (Å²) in [5, 5.41) is 14.9. The number of aliphatic carboxylic acids is 1. The summed E-state index contributed by atoms with van der Waals surface area (Å²) in [7, 11) is 1.32. The maximum atomic E-state index is 15.1. The van der Waals surface area contributed by atoms with Gasteiger partial charge in [-0.1, -0.05) is 6.07 Å². The van der Waals surface area contributed by atoms with Crippen molar-refractivity contribution >= 4 is 34.6 Å². The fourth-order valence-electron chi connectivity index (χ4n) is 7.04. The number of carboxylic acid groups (broad SMARTS) is 1. The van der Waals surface area contributed by atoms with Gasteiger partial charge in [0, 0.05) is 23.9 Å². The van der Waals surface area contributed by atoms with E-state index in [1.165, 1.54) is 25.3 Å². The van der Waals surface area contributed by atoms with Gasteiger partial charge in [0.05, 0.1) is 35.7 Å². The molecule has 0 heterocycles. The number of ether oxygens (including phenoxy) is 1. The van der Waals surface area contributed by atoms with Gasteiger partial charge in [0.1, 0.15) is 11.6 Å². The molecule has 0 saturated heterocycles. The fourth-order valence-corrected chi connectivity index (χ4v) is 7.74. The highest BCUT2D eigenvalue weighted by atomic mass is 32.2. The van der Waals surface area contributed by atoms with Crippen molar-refractivity contribution in [1.29, 1.82) is 0 Å². The zero-order valence-corrected chi connectivity index (χ0v) is 24.1. The largest absolute Gasteiger partial charge is 0.604 e. The summed E-state index contributed by atoms with van der Waals surface area (Å²) in [5.74, 6) is -3.83. The van der Waals surface area contributed by atoms with Crippen LogP contribution in [0, 0.1) is 29.5 Å². The van der Waals surface area contributed by atoms with Crippen LogP contribution < -0.4 is 15.4 Å². The molecule has 1 unspecified atom stereocenters. The lowest BCUT2D eigenvalue weighted by atomic mass is 9.78. The molecule has 232 valence electrons. The van der Waals surface area contributed by atoms with Crippen LogP contribution in [0.15, 0.2) is 41.3 Å². The Labute approximate surface area is 248 Å². The number of methoxy groups -OCH3 is 1. The molecule has 2 aromatic rings. The maximum absolute atomic E-state index is 15.1. The summed E-state index contributed by atoms with van der Waals surface area (Å²) in [6.45, 7) is 0. The van der Waals surface area contributed by atoms with Gasteiger partial charge in [-0.25, -0.2) is 4.39 Å². The maximum Gasteiger partial charge on any atom is 0.578 e. The fraction of sp³-hybridized carbons (Fsp3) is 0.500. The molecule has 3 N–H and O–H groups in total. The number of anilines is 1. The minimum absolute atomic E-state index is 0.00553. The number of halogens is 4. The van der Waals surface area contributed by atoms with Crippen molar-refractivity contribution in [3.05, 3.63) is 53.3 Å². The minimum Gasteiger partial charge on any atom is -0.604 e. The summed E-state index contributed by atoms with van der Waals surface area (Å²) in [6, 6.07) is 6.81. The highest BCUT2D eigenvalue weighted by molar-refractivity contribution is 7.92. The van der Waals surface area contributed by atoms with Gasteiger partial charge in [-0.15, -0.1) is 13.2 Å². The number of alkyl halides is 3. The van der Waals surface area contributed by atoms with Gasteiger partial charge >= 0.3 is 11.5 Å². The molecule has 3 aliphatic rings. The molecule has 13 heteroatoms. The van der Waals surface area contributed by atoms with Crippen molar-refractivity contribution in [2.45, 2.75) is 67.3 Å². The number of carbonyl (C=O) groups is 3. The van der Waals surface area contributed by atoms with Gasteiger partial charge in [0.15, 0.2) is 4.90 Å². The molecule has 2 amide bonds. The third-order valence-corrected chi connectivity index (χ3v) is 10.2. The normalized spacial score (nSPS) is 27.4. The quantitative estimate of drug-likeness (QED) is 0.259. The number of rotatable bonds is 8. The van der Waals surface area contributed by atoms with Gasteiger partial charge in [-0.05, 0) is 86.5 Å². The molecule has 0 aromatic heterocycles. The van der Waals surface area contributed by atoms with Crippen molar-refractivity contribution in [2.24, 2.45) is 23.7 Å². The topological polar surface area (TPSA) is 128 Å². The zero-order chi connectivity index (χ0) is 31.1. The average Bonchev–Trinajstić information content (AvgIpc) is 3.58. The van der Waals surface area contributed by atoms with E-state index in [1.54, 1.807) is 0 Å². The van der Waals surface area contributed by atoms with Gasteiger partial charge in [-0.3, -0.25) is 14.4 Å². The van der Waals surface area contributed by atoms with E-state index in [1.807, 2.05) is 0 Å². The molecule has 3 fully saturated rings. The number of fused-ring (bicyclic) bond motifs is 2. The van der Waals surface area contributed by atoms with Crippen LogP contribution in [0.2, 0.25) is 0 Å². The lowest BCUT2D eigenvalue weighted by molar-refractivity contribution is -0.142. The van der Waals surface area contributed by atoms with Gasteiger partial charge in [0.25, 0.3) is 5.91 Å². The Hall–Kier alpha value is -3.32. The third kappa shape index (κ3) is 6.47. The van der Waals surface area contributed by atoms with E-state index in [0.717, 1.165) is 31.0 Å². The van der Waals surface area contributed by atoms with Crippen LogP contribution >= 0.6 is 0 Å². The summed E-state index contributed by atoms with van der Waals surface area (Å²) >= 11 is -3.25. The van der Waals surface area contributed by atoms with Crippen molar-refractivity contribution < 1.29 is 46.3 Å². The number of carbonyl (C=O) groups excluding carboxylic acids is 2. The second-order valence-electron chi connectivity index (χ2n) is 11.6. The Kier molecular flexibility index (Phi) is 8.94. The Bertz CT molecular complexity index is 1400. The van der Waals surface area contributed by atoms with Crippen molar-refractivity contribution in [2.75, 3.05) is 12.4 Å². The Morgan fingerprint density at radius 1 is 1.02 bits per heavy atom. The van der Waals surface area contributed by atoms with Crippen LogP contribution in [0.4, 0.5) is 23.2 Å². The lowest BCUT2D eigenvalue weighted by Crippen LogP contribution is -2.48. The van der Waals surface area contributed by atoms with E-state index < -0.39 is 63.1 Å². The molecule has 2 aromatic carbocycles. The Balaban J connectivity index is 1.33. The Morgan fingerprint density at radius 3 is 2.37 bits per heavy atom. The average molecular weight is 625 g/mol. The zero-order valence-electron chi connectivity index (χ0n) is 23.3. The standard InChI is InChI=1S/C30H32F4N2O6S/c1-42-24-14-23(31)21(15-5-7-16(8-6-15)29(39)40)13-22(24)27(37)36-26-18-10-9-17(11-18)25(26)28(38)35-19-3-2-4-20(12-19)43(41)30(32,33)34/h2-4,12-18,25-26H,5-11H2,1H3,(H,35,38)(H,36,37)(H,39,40)/t15-,16-,17-,18+,25+,26-,43?/m1/s1. The van der Waals surface area contributed by atoms with E-state index in [2.05, 4.69) is 10.6 Å². The SMILES string of the molecule is COc1cc(F)c([C@H]2CC[C@H](C(=O)O)CC2)cc1C(=O)N[C@@H]1[C@H]2CC[C@H](C2)[C@@H]1C(=O)Nc1cccc([S+]([O-])C(F)(F)F)c1. The second-order valence-corrected chi connectivity index (χ2v) is 13.0. The number of benzene rings is 2. The first-order valence-corrected chi connectivity index (χ1v) is 15.3. The monoisotopic (exact) mass is 624 g/mol. The molecular formula is C30H32F4N2O6S. The molecule has 5 atom stereocenters. The molecule has 3 saturated carbocycles. The number of hydrogen-bond acceptors (Lipinski definition) is 5. The molecule has 0 radical (unpaired) electrons. The molecule has 43 heavy (non-hydrogen) atoms. The molecule has 0 aliphatic heterocycles. The van der Waals surface area contributed by atoms with Crippen LogP contribution in [-0.4, -0.2) is 46.1 Å². The van der Waals surface area contributed by atoms with Crippen LogP contribution in [0.5, 0.6) is 5.75 Å². The number of nitrogens with one attached hydrogen (secondary N) is 2. The predicted molar refractivity (Wildman–Crippen MR) is 148 cm³/mol. The summed E-state index contributed by atoms with van der Waals surface area (Å²) in [4.78, 5) is 37.9. The first-order chi connectivity index (χ1) is 20.4. The second kappa shape index (κ2) is 12.4. The molecule has 8 nitrogen and oxygen atoms in total. The van der Waals surface area contributed by atoms with Gasteiger partial charge in [-0.2, -0.15) is 0 Å². The molecule has 0 spiro atoms. The van der Waals surface area contributed by atoms with Gasteiger partial charge in [0.2, 0.25) is 5.91 Å². The van der Waals surface area contributed by atoms with Crippen molar-refractivity contribution in [1.82, 2.24) is 5.32 Å². The van der Waals surface area contributed by atoms with E-state index in [9.17, 15) is 37.2 Å². The molecule has 5 rings (SSSR count). The number of amides is 2. The van der Waals surface area contributed by atoms with Crippen LogP contribution in [0.25, 0.3) is 0 Å². The molecule has 2 bridgehead atoms. The first kappa shape index (κ1) is 31.1. The van der Waals surface area contributed by atoms with Crippen molar-refractivity contribution in [3.8, 4) is 5.75 Å². The van der Waals surface area contributed by atoms with E-state index >= 15 is 4.39 Å². The smallest absolute Gasteiger partial charge is 0.578 e. The summed E-state index contributed by atoms with van der Waals surface area (Å²) < 4.78 is 71.1. The first-order valence-electron chi connectivity index (χ1n) is 14.2. The van der Waals surface area contributed by atoms with Gasteiger partial charge < -0.3 is 25.0 Å². The summed E-state index contributed by atoms with van der Waals surface area (Å²) in [5.41, 5.74) is -4.46. The Morgan fingerprint density at radius 2 is 1.72 bits per heavy atom. The summed E-state index contributed by atoms with van der Waals surface area (Å²) in [6.07, 6.45) is 3.99. The van der Waals surface area contributed by atoms with Crippen LogP contribution in [0.1, 0.15) is 66.8 Å². The highest BCUT2D eigenvalue weighted by Crippen LogP contribution is 2.49. The predicted octanol–water partition coefficient (Wildman–Crippen LogP) is 5.60. The molecule has 3 aliphatic carbocycles. The van der Waals surface area contributed by atoms with Crippen molar-refractivity contribution in [3.63, 3.8) is 0 Å². The third-order valence-electron chi connectivity index (χ3n) is 9.12. The van der Waals surface area contributed by atoms with Crippen LogP contribution in [0.3, 0.4) is 0 Å². The minimum atomic E-state index is -4.94. The van der Waals surface area contributed by atoms with E-state index in [0.29, 0.717) is 37.7 Å². The highest BCUT2D eigenvalue weighted by Gasteiger charge is 2.52.